The van der Waals surface area contributed by atoms with Crippen molar-refractivity contribution >= 4 is 40.8 Å². The van der Waals surface area contributed by atoms with Gasteiger partial charge in [0.15, 0.2) is 0 Å². The predicted molar refractivity (Wildman–Crippen MR) is 73.4 cm³/mol. The second-order valence-corrected chi connectivity index (χ2v) is 4.48. The van der Waals surface area contributed by atoms with Gasteiger partial charge in [-0.25, -0.2) is 9.78 Å². The number of rotatable bonds is 3. The summed E-state index contributed by atoms with van der Waals surface area (Å²) in [6, 6.07) is 4.16. The number of pyridine rings is 2. The van der Waals surface area contributed by atoms with E-state index in [0.717, 1.165) is 0 Å². The van der Waals surface area contributed by atoms with Crippen molar-refractivity contribution in [3.8, 4) is 0 Å². The van der Waals surface area contributed by atoms with Gasteiger partial charge in [-0.2, -0.15) is 0 Å². The third-order valence-corrected chi connectivity index (χ3v) is 2.79. The molecule has 0 aliphatic heterocycles. The van der Waals surface area contributed by atoms with E-state index >= 15 is 0 Å². The second-order valence-electron chi connectivity index (χ2n) is 3.69. The van der Waals surface area contributed by atoms with Crippen LogP contribution in [0.15, 0.2) is 30.6 Å². The molecule has 2 rings (SSSR count). The van der Waals surface area contributed by atoms with E-state index in [9.17, 15) is 9.59 Å². The fourth-order valence-corrected chi connectivity index (χ4v) is 1.73. The molecule has 20 heavy (non-hydrogen) atoms. The number of halogens is 2. The van der Waals surface area contributed by atoms with E-state index in [2.05, 4.69) is 15.3 Å². The molecule has 1 amide bonds. The molecule has 0 saturated carbocycles. The van der Waals surface area contributed by atoms with Crippen molar-refractivity contribution < 1.29 is 14.7 Å². The Kier molecular flexibility index (Phi) is 4.16. The number of carboxylic acids is 1. The van der Waals surface area contributed by atoms with Gasteiger partial charge in [0.2, 0.25) is 0 Å². The van der Waals surface area contributed by atoms with E-state index < -0.39 is 11.9 Å². The highest BCUT2D eigenvalue weighted by molar-refractivity contribution is 6.35. The average molecular weight is 312 g/mol. The molecule has 8 heteroatoms. The minimum Gasteiger partial charge on any atom is -0.478 e. The van der Waals surface area contributed by atoms with Gasteiger partial charge in [-0.3, -0.25) is 9.78 Å². The van der Waals surface area contributed by atoms with Crippen LogP contribution in [-0.2, 0) is 0 Å². The first-order valence-electron chi connectivity index (χ1n) is 5.29. The maximum absolute atomic E-state index is 12.0. The Labute approximate surface area is 123 Å². The Hall–Kier alpha value is -2.18. The molecule has 0 aliphatic rings. The van der Waals surface area contributed by atoms with Gasteiger partial charge in [0, 0.05) is 6.20 Å². The minimum atomic E-state index is -1.15. The lowest BCUT2D eigenvalue weighted by atomic mass is 10.2. The Bertz CT molecular complexity index is 691. The van der Waals surface area contributed by atoms with Gasteiger partial charge in [0.05, 0.1) is 22.5 Å². The number of hydrogen-bond donors (Lipinski definition) is 2. The number of nitrogens with zero attached hydrogens (tertiary/aromatic N) is 2. The number of carbonyl (C=O) groups is 2. The molecule has 0 aliphatic carbocycles. The van der Waals surface area contributed by atoms with Gasteiger partial charge >= 0.3 is 5.97 Å². The molecule has 0 saturated heterocycles. The Morgan fingerprint density at radius 3 is 2.65 bits per heavy atom. The van der Waals surface area contributed by atoms with Crippen molar-refractivity contribution in [3.63, 3.8) is 0 Å². The third-order valence-electron chi connectivity index (χ3n) is 2.27. The van der Waals surface area contributed by atoms with Crippen LogP contribution >= 0.6 is 23.2 Å². The maximum atomic E-state index is 12.0. The summed E-state index contributed by atoms with van der Waals surface area (Å²) in [5.41, 5.74) is 0.112. The summed E-state index contributed by atoms with van der Waals surface area (Å²) in [5, 5.41) is 11.5. The van der Waals surface area contributed by atoms with Crippen molar-refractivity contribution in [1.82, 2.24) is 9.97 Å². The molecule has 6 nitrogen and oxygen atoms in total. The molecule has 0 atom stereocenters. The molecule has 0 fully saturated rings. The highest BCUT2D eigenvalue weighted by atomic mass is 35.5. The predicted octanol–water partition coefficient (Wildman–Crippen LogP) is 2.73. The summed E-state index contributed by atoms with van der Waals surface area (Å²) in [6.45, 7) is 0. The third kappa shape index (κ3) is 3.23. The average Bonchev–Trinajstić information content (AvgIpc) is 2.41. The van der Waals surface area contributed by atoms with E-state index in [0.29, 0.717) is 0 Å². The monoisotopic (exact) mass is 311 g/mol. The van der Waals surface area contributed by atoms with Crippen molar-refractivity contribution in [2.45, 2.75) is 0 Å². The van der Waals surface area contributed by atoms with Gasteiger partial charge in [0.25, 0.3) is 5.91 Å². The summed E-state index contributed by atoms with van der Waals surface area (Å²) >= 11 is 11.5. The molecule has 0 radical (unpaired) electrons. The Morgan fingerprint density at radius 2 is 1.95 bits per heavy atom. The van der Waals surface area contributed by atoms with Crippen LogP contribution in [0, 0.1) is 0 Å². The van der Waals surface area contributed by atoms with Gasteiger partial charge < -0.3 is 10.4 Å². The van der Waals surface area contributed by atoms with Crippen molar-refractivity contribution in [3.05, 3.63) is 52.0 Å². The van der Waals surface area contributed by atoms with Crippen molar-refractivity contribution in [1.29, 1.82) is 0 Å². The van der Waals surface area contributed by atoms with Gasteiger partial charge in [-0.05, 0) is 18.2 Å². The molecular formula is C12H7Cl2N3O3. The van der Waals surface area contributed by atoms with E-state index in [1.54, 1.807) is 0 Å². The van der Waals surface area contributed by atoms with E-state index in [1.807, 2.05) is 0 Å². The van der Waals surface area contributed by atoms with Crippen LogP contribution in [-0.4, -0.2) is 27.0 Å². The zero-order chi connectivity index (χ0) is 14.7. The number of anilines is 1. The van der Waals surface area contributed by atoms with Crippen molar-refractivity contribution in [2.24, 2.45) is 0 Å². The standard InChI is InChI=1S/C12H7Cl2N3O3/c13-8-1-2-9(14)17-10(8)11(18)16-7-3-6(12(19)20)4-15-5-7/h1-5H,(H,16,18)(H,19,20). The Balaban J connectivity index is 2.25. The summed E-state index contributed by atoms with van der Waals surface area (Å²) in [6.07, 6.45) is 2.48. The van der Waals surface area contributed by atoms with Crippen LogP contribution in [0.3, 0.4) is 0 Å². The first-order valence-corrected chi connectivity index (χ1v) is 6.04. The molecule has 2 heterocycles. The highest BCUT2D eigenvalue weighted by Crippen LogP contribution is 2.18. The van der Waals surface area contributed by atoms with Gasteiger partial charge in [-0.1, -0.05) is 23.2 Å². The van der Waals surface area contributed by atoms with E-state index in [4.69, 9.17) is 28.3 Å². The van der Waals surface area contributed by atoms with E-state index in [1.165, 1.54) is 30.6 Å². The summed E-state index contributed by atoms with van der Waals surface area (Å²) in [5.74, 6) is -1.76. The smallest absolute Gasteiger partial charge is 0.337 e. The number of hydrogen-bond acceptors (Lipinski definition) is 4. The molecule has 2 aromatic rings. The quantitative estimate of drug-likeness (QED) is 0.850. The van der Waals surface area contributed by atoms with Crippen LogP contribution < -0.4 is 5.32 Å². The van der Waals surface area contributed by atoms with Crippen molar-refractivity contribution in [2.75, 3.05) is 5.32 Å². The first-order chi connectivity index (χ1) is 9.47. The summed E-state index contributed by atoms with van der Waals surface area (Å²) < 4.78 is 0. The zero-order valence-electron chi connectivity index (χ0n) is 9.80. The second kappa shape index (κ2) is 5.85. The highest BCUT2D eigenvalue weighted by Gasteiger charge is 2.14. The van der Waals surface area contributed by atoms with Crippen LogP contribution in [0.1, 0.15) is 20.8 Å². The van der Waals surface area contributed by atoms with Crippen LogP contribution in [0.5, 0.6) is 0 Å². The fraction of sp³-hybridized carbons (Fsp3) is 0. The fourth-order valence-electron chi connectivity index (χ4n) is 1.39. The molecule has 0 spiro atoms. The van der Waals surface area contributed by atoms with Gasteiger partial charge in [-0.15, -0.1) is 0 Å². The van der Waals surface area contributed by atoms with Crippen LogP contribution in [0.2, 0.25) is 10.2 Å². The molecule has 0 bridgehead atoms. The SMILES string of the molecule is O=C(O)c1cncc(NC(=O)c2nc(Cl)ccc2Cl)c1. The number of carbonyl (C=O) groups excluding carboxylic acids is 1. The molecule has 102 valence electrons. The first kappa shape index (κ1) is 14.2. The number of carboxylic acid groups (broad SMARTS) is 1. The largest absolute Gasteiger partial charge is 0.478 e. The van der Waals surface area contributed by atoms with E-state index in [-0.39, 0.29) is 27.1 Å². The molecule has 2 N–H and O–H groups in total. The van der Waals surface area contributed by atoms with Crippen LogP contribution in [0.25, 0.3) is 0 Å². The molecule has 2 aromatic heterocycles. The summed E-state index contributed by atoms with van der Waals surface area (Å²) in [7, 11) is 0. The lowest BCUT2D eigenvalue weighted by Crippen LogP contribution is -2.15. The zero-order valence-corrected chi connectivity index (χ0v) is 11.3. The number of aromatic nitrogens is 2. The minimum absolute atomic E-state index is 0.0482. The topological polar surface area (TPSA) is 92.2 Å². The molecule has 0 unspecified atom stereocenters. The molecular weight excluding hydrogens is 305 g/mol. The molecule has 0 aromatic carbocycles. The normalized spacial score (nSPS) is 10.1. The van der Waals surface area contributed by atoms with Crippen LogP contribution in [0.4, 0.5) is 5.69 Å². The summed E-state index contributed by atoms with van der Waals surface area (Å²) in [4.78, 5) is 30.3. The number of nitrogens with one attached hydrogen (secondary N) is 1. The van der Waals surface area contributed by atoms with Gasteiger partial charge in [0.1, 0.15) is 10.8 Å². The lowest BCUT2D eigenvalue weighted by molar-refractivity contribution is 0.0696. The Morgan fingerprint density at radius 1 is 1.20 bits per heavy atom. The number of aromatic carboxylic acids is 1. The maximum Gasteiger partial charge on any atom is 0.337 e. The lowest BCUT2D eigenvalue weighted by Gasteiger charge is -2.06. The number of amides is 1.